The number of rotatable bonds is 11. The van der Waals surface area contributed by atoms with Gasteiger partial charge in [-0.15, -0.1) is 11.3 Å². The number of esters is 1. The Morgan fingerprint density at radius 2 is 1.59 bits per heavy atom. The van der Waals surface area contributed by atoms with E-state index in [0.717, 1.165) is 22.5 Å². The Bertz CT molecular complexity index is 1690. The molecule has 2 aromatic heterocycles. The molecule has 3 heterocycles. The summed E-state index contributed by atoms with van der Waals surface area (Å²) in [5.74, 6) is -1.15. The fraction of sp³-hybridized carbons (Fsp3) is 0.167. The van der Waals surface area contributed by atoms with Crippen molar-refractivity contribution < 1.29 is 32.6 Å². The molecule has 0 saturated carbocycles. The molecule has 11 heteroatoms. The molecule has 3 aromatic carbocycles. The van der Waals surface area contributed by atoms with Crippen molar-refractivity contribution in [3.8, 4) is 0 Å². The van der Waals surface area contributed by atoms with Crippen LogP contribution in [0.3, 0.4) is 0 Å². The van der Waals surface area contributed by atoms with Crippen molar-refractivity contribution >= 4 is 41.8 Å². The molecule has 0 N–H and O–H groups in total. The van der Waals surface area contributed by atoms with E-state index < -0.39 is 13.7 Å². The highest BCUT2D eigenvalue weighted by molar-refractivity contribution is 7.48. The summed E-state index contributed by atoms with van der Waals surface area (Å²) in [6.45, 7) is 0.320. The first kappa shape index (κ1) is 27.1. The normalized spacial score (nSPS) is 15.2. The van der Waals surface area contributed by atoms with Gasteiger partial charge < -0.3 is 9.36 Å². The van der Waals surface area contributed by atoms with Crippen molar-refractivity contribution in [2.24, 2.45) is 0 Å². The first-order chi connectivity index (χ1) is 20.0. The molecule has 6 rings (SSSR count). The van der Waals surface area contributed by atoms with Crippen LogP contribution < -0.4 is 4.62 Å². The standard InChI is InChI=1S/C30H25N2O7PS/c33-28(29-31-26(20-41-29)24-15-16-36-30(24)34)25-17-32(27-14-8-7-13-23(25)27)39-40(35,37-18-21-9-3-1-4-10-21)38-19-22-11-5-2-6-12-22/h1-14,17,20,24H,15-16,18-19H2. The van der Waals surface area contributed by atoms with E-state index in [-0.39, 0.29) is 30.0 Å². The number of phosphoric ester groups is 1. The van der Waals surface area contributed by atoms with Crippen molar-refractivity contribution in [3.63, 3.8) is 0 Å². The molecule has 1 aliphatic heterocycles. The lowest BCUT2D eigenvalue weighted by Gasteiger charge is -2.19. The van der Waals surface area contributed by atoms with E-state index in [4.69, 9.17) is 18.4 Å². The molecule has 0 aliphatic carbocycles. The molecular formula is C30H25N2O7PS. The molecule has 1 aliphatic rings. The van der Waals surface area contributed by atoms with Crippen LogP contribution in [0.1, 0.15) is 44.5 Å². The minimum Gasteiger partial charge on any atom is -0.465 e. The molecule has 41 heavy (non-hydrogen) atoms. The number of hydrogen-bond acceptors (Lipinski definition) is 9. The number of ether oxygens (including phenoxy) is 1. The van der Waals surface area contributed by atoms with Crippen LogP contribution in [0.4, 0.5) is 0 Å². The summed E-state index contributed by atoms with van der Waals surface area (Å²) in [5, 5.41) is 2.52. The average molecular weight is 589 g/mol. The number of nitrogens with zero attached hydrogens (tertiary/aromatic N) is 2. The Morgan fingerprint density at radius 3 is 2.22 bits per heavy atom. The largest absolute Gasteiger partial charge is 0.549 e. The highest BCUT2D eigenvalue weighted by atomic mass is 32.1. The molecule has 0 bridgehead atoms. The number of para-hydroxylation sites is 1. The summed E-state index contributed by atoms with van der Waals surface area (Å²) in [7, 11) is -4.20. The van der Waals surface area contributed by atoms with E-state index in [1.807, 2.05) is 60.7 Å². The van der Waals surface area contributed by atoms with Crippen LogP contribution in [0.5, 0.6) is 0 Å². The number of ketones is 1. The summed E-state index contributed by atoms with van der Waals surface area (Å²) in [5.41, 5.74) is 2.90. The molecule has 0 radical (unpaired) electrons. The van der Waals surface area contributed by atoms with Crippen LogP contribution in [0.25, 0.3) is 10.9 Å². The molecule has 0 spiro atoms. The second kappa shape index (κ2) is 11.8. The number of carbonyl (C=O) groups excluding carboxylic acids is 2. The molecular weight excluding hydrogens is 563 g/mol. The van der Waals surface area contributed by atoms with Crippen molar-refractivity contribution in [2.75, 3.05) is 6.61 Å². The summed E-state index contributed by atoms with van der Waals surface area (Å²) in [4.78, 5) is 30.1. The third-order valence-corrected chi connectivity index (χ3v) is 8.71. The van der Waals surface area contributed by atoms with Gasteiger partial charge in [0.25, 0.3) is 0 Å². The smallest absolute Gasteiger partial charge is 0.465 e. The summed E-state index contributed by atoms with van der Waals surface area (Å²) in [6, 6.07) is 25.6. The SMILES string of the molecule is O=C(c1nc(C2CCOC2=O)cs1)c1cn(OP(=O)(OCc2ccccc2)OCc2ccccc2)c2ccccc12. The minimum atomic E-state index is -4.20. The minimum absolute atomic E-state index is 0.0105. The highest BCUT2D eigenvalue weighted by Gasteiger charge is 2.33. The van der Waals surface area contributed by atoms with Gasteiger partial charge in [0.1, 0.15) is 5.92 Å². The second-order valence-electron chi connectivity index (χ2n) is 9.35. The predicted molar refractivity (Wildman–Crippen MR) is 152 cm³/mol. The lowest BCUT2D eigenvalue weighted by atomic mass is 10.1. The van der Waals surface area contributed by atoms with Crippen molar-refractivity contribution in [2.45, 2.75) is 25.6 Å². The quantitative estimate of drug-likeness (QED) is 0.100. The predicted octanol–water partition coefficient (Wildman–Crippen LogP) is 6.33. The number of fused-ring (bicyclic) bond motifs is 1. The van der Waals surface area contributed by atoms with Crippen LogP contribution in [0, 0.1) is 0 Å². The number of carbonyl (C=O) groups is 2. The van der Waals surface area contributed by atoms with Crippen molar-refractivity contribution in [3.05, 3.63) is 124 Å². The molecule has 1 fully saturated rings. The van der Waals surface area contributed by atoms with Crippen molar-refractivity contribution in [1.29, 1.82) is 0 Å². The topological polar surface area (TPSA) is 106 Å². The number of benzene rings is 3. The van der Waals surface area contributed by atoms with Crippen LogP contribution in [0.2, 0.25) is 0 Å². The van der Waals surface area contributed by atoms with Crippen molar-refractivity contribution in [1.82, 2.24) is 9.71 Å². The Morgan fingerprint density at radius 1 is 0.951 bits per heavy atom. The zero-order valence-electron chi connectivity index (χ0n) is 21.8. The third-order valence-electron chi connectivity index (χ3n) is 6.58. The van der Waals surface area contributed by atoms with Crippen LogP contribution in [-0.4, -0.2) is 28.1 Å². The Labute approximate surface area is 239 Å². The number of aromatic nitrogens is 2. The van der Waals surface area contributed by atoms with Gasteiger partial charge in [-0.05, 0) is 17.2 Å². The summed E-state index contributed by atoms with van der Waals surface area (Å²) >= 11 is 1.16. The monoisotopic (exact) mass is 588 g/mol. The van der Waals surface area contributed by atoms with E-state index in [2.05, 4.69) is 4.98 Å². The molecule has 0 amide bonds. The van der Waals surface area contributed by atoms with Gasteiger partial charge in [-0.2, -0.15) is 4.73 Å². The number of hydrogen-bond donors (Lipinski definition) is 0. The number of phosphoric acid groups is 1. The third kappa shape index (κ3) is 6.01. The maximum absolute atomic E-state index is 14.0. The van der Waals surface area contributed by atoms with Gasteiger partial charge >= 0.3 is 13.8 Å². The van der Waals surface area contributed by atoms with Gasteiger partial charge in [0.05, 0.1) is 42.8 Å². The van der Waals surface area contributed by atoms with Gasteiger partial charge in [-0.25, -0.2) is 9.55 Å². The summed E-state index contributed by atoms with van der Waals surface area (Å²) in [6.07, 6.45) is 1.99. The van der Waals surface area contributed by atoms with Gasteiger partial charge in [0, 0.05) is 17.2 Å². The maximum atomic E-state index is 14.0. The zero-order chi connectivity index (χ0) is 28.2. The van der Waals surface area contributed by atoms with Gasteiger partial charge in [0.15, 0.2) is 5.01 Å². The first-order valence-corrected chi connectivity index (χ1v) is 15.3. The van der Waals surface area contributed by atoms with Crippen LogP contribution in [0.15, 0.2) is 96.5 Å². The maximum Gasteiger partial charge on any atom is 0.549 e. The Kier molecular flexibility index (Phi) is 7.80. The fourth-order valence-corrected chi connectivity index (χ4v) is 6.43. The van der Waals surface area contributed by atoms with Crippen LogP contribution >= 0.6 is 19.2 Å². The molecule has 208 valence electrons. The van der Waals surface area contributed by atoms with Crippen LogP contribution in [-0.2, 0) is 36.4 Å². The van der Waals surface area contributed by atoms with E-state index in [0.29, 0.717) is 35.2 Å². The average Bonchev–Trinajstić information content (AvgIpc) is 3.75. The number of thiazole rings is 1. The lowest BCUT2D eigenvalue weighted by molar-refractivity contribution is -0.139. The summed E-state index contributed by atoms with van der Waals surface area (Å²) < 4.78 is 37.7. The molecule has 9 nitrogen and oxygen atoms in total. The zero-order valence-corrected chi connectivity index (χ0v) is 23.5. The fourth-order valence-electron chi connectivity index (χ4n) is 4.48. The molecule has 1 unspecified atom stereocenters. The second-order valence-corrected chi connectivity index (χ2v) is 11.8. The molecule has 5 aromatic rings. The Hall–Kier alpha value is -4.08. The van der Waals surface area contributed by atoms with E-state index in [9.17, 15) is 14.2 Å². The highest BCUT2D eigenvalue weighted by Crippen LogP contribution is 2.48. The lowest BCUT2D eigenvalue weighted by Crippen LogP contribution is -2.12. The molecule has 1 saturated heterocycles. The van der Waals surface area contributed by atoms with Gasteiger partial charge in [-0.1, -0.05) is 78.9 Å². The van der Waals surface area contributed by atoms with Gasteiger partial charge in [-0.3, -0.25) is 18.6 Å². The molecule has 1 atom stereocenters. The van der Waals surface area contributed by atoms with E-state index >= 15 is 0 Å². The van der Waals surface area contributed by atoms with Gasteiger partial charge in [0.2, 0.25) is 5.78 Å². The first-order valence-electron chi connectivity index (χ1n) is 12.9. The van der Waals surface area contributed by atoms with E-state index in [1.54, 1.807) is 29.6 Å². The number of cyclic esters (lactones) is 1. The van der Waals surface area contributed by atoms with E-state index in [1.165, 1.54) is 10.9 Å². The Balaban J connectivity index is 1.29.